The van der Waals surface area contributed by atoms with E-state index < -0.39 is 6.10 Å². The molecule has 1 aliphatic rings. The molecule has 2 rings (SSSR count). The Bertz CT molecular complexity index is 470. The monoisotopic (exact) mass is 292 g/mol. The maximum atomic E-state index is 11.9. The molecule has 0 aliphatic carbocycles. The second-order valence-corrected chi connectivity index (χ2v) is 5.69. The van der Waals surface area contributed by atoms with E-state index in [1.807, 2.05) is 38.1 Å². The Morgan fingerprint density at radius 3 is 3.00 bits per heavy atom. The molecule has 1 aromatic rings. The lowest BCUT2D eigenvalue weighted by molar-refractivity contribution is -0.124. The summed E-state index contributed by atoms with van der Waals surface area (Å²) in [6.07, 6.45) is 0.227. The summed E-state index contributed by atoms with van der Waals surface area (Å²) >= 11 is 0. The molecule has 1 aromatic carbocycles. The Morgan fingerprint density at radius 2 is 2.33 bits per heavy atom. The second kappa shape index (κ2) is 7.43. The van der Waals surface area contributed by atoms with Gasteiger partial charge in [-0.15, -0.1) is 0 Å². The molecule has 1 aliphatic heterocycles. The number of nitrogens with one attached hydrogen (secondary N) is 2. The van der Waals surface area contributed by atoms with E-state index in [1.165, 1.54) is 0 Å². The van der Waals surface area contributed by atoms with Crippen molar-refractivity contribution in [2.45, 2.75) is 32.5 Å². The van der Waals surface area contributed by atoms with Gasteiger partial charge >= 0.3 is 0 Å². The number of hydrogen-bond donors (Lipinski definition) is 3. The van der Waals surface area contributed by atoms with Gasteiger partial charge in [-0.2, -0.15) is 0 Å². The van der Waals surface area contributed by atoms with Crippen molar-refractivity contribution in [2.75, 3.05) is 19.6 Å². The van der Waals surface area contributed by atoms with Gasteiger partial charge in [0.1, 0.15) is 5.75 Å². The summed E-state index contributed by atoms with van der Waals surface area (Å²) in [5.41, 5.74) is 0.748. The predicted molar refractivity (Wildman–Crippen MR) is 81.2 cm³/mol. The normalized spacial score (nSPS) is 19.5. The third-order valence-corrected chi connectivity index (χ3v) is 3.52. The molecule has 0 aromatic heterocycles. The van der Waals surface area contributed by atoms with Gasteiger partial charge < -0.3 is 20.5 Å². The van der Waals surface area contributed by atoms with E-state index in [4.69, 9.17) is 4.74 Å². The molecule has 5 heteroatoms. The van der Waals surface area contributed by atoms with Gasteiger partial charge in [-0.25, -0.2) is 0 Å². The fourth-order valence-corrected chi connectivity index (χ4v) is 2.41. The highest BCUT2D eigenvalue weighted by Crippen LogP contribution is 2.20. The molecule has 2 unspecified atom stereocenters. The molecule has 21 heavy (non-hydrogen) atoms. The zero-order valence-electron chi connectivity index (χ0n) is 12.6. The summed E-state index contributed by atoms with van der Waals surface area (Å²) in [5, 5.41) is 16.2. The van der Waals surface area contributed by atoms with Crippen molar-refractivity contribution in [3.63, 3.8) is 0 Å². The molecule has 3 N–H and O–H groups in total. The van der Waals surface area contributed by atoms with Crippen molar-refractivity contribution in [3.05, 3.63) is 29.8 Å². The van der Waals surface area contributed by atoms with Gasteiger partial charge in [0.15, 0.2) is 0 Å². The summed E-state index contributed by atoms with van der Waals surface area (Å²) < 4.78 is 5.61. The van der Waals surface area contributed by atoms with E-state index in [0.717, 1.165) is 30.8 Å². The van der Waals surface area contributed by atoms with Gasteiger partial charge in [-0.3, -0.25) is 4.79 Å². The average molecular weight is 292 g/mol. The maximum absolute atomic E-state index is 11.9. The van der Waals surface area contributed by atoms with Crippen LogP contribution in [-0.4, -0.2) is 36.8 Å². The van der Waals surface area contributed by atoms with Gasteiger partial charge in [0, 0.05) is 13.1 Å². The largest absolute Gasteiger partial charge is 0.491 e. The van der Waals surface area contributed by atoms with Gasteiger partial charge in [0.25, 0.3) is 0 Å². The molecule has 1 amide bonds. The van der Waals surface area contributed by atoms with Crippen LogP contribution < -0.4 is 15.4 Å². The van der Waals surface area contributed by atoms with Gasteiger partial charge in [-0.05, 0) is 44.5 Å². The fourth-order valence-electron chi connectivity index (χ4n) is 2.41. The molecule has 1 fully saturated rings. The van der Waals surface area contributed by atoms with E-state index in [-0.39, 0.29) is 24.5 Å². The summed E-state index contributed by atoms with van der Waals surface area (Å²) in [6.45, 7) is 5.74. The number of ether oxygens (including phenoxy) is 1. The molecular formula is C16H24N2O3. The van der Waals surface area contributed by atoms with Crippen molar-refractivity contribution in [1.29, 1.82) is 0 Å². The van der Waals surface area contributed by atoms with E-state index in [0.29, 0.717) is 0 Å². The fraction of sp³-hybridized carbons (Fsp3) is 0.562. The molecule has 5 nitrogen and oxygen atoms in total. The van der Waals surface area contributed by atoms with Crippen LogP contribution in [0, 0.1) is 5.92 Å². The van der Waals surface area contributed by atoms with Crippen LogP contribution >= 0.6 is 0 Å². The minimum atomic E-state index is -0.723. The van der Waals surface area contributed by atoms with Crippen LogP contribution in [0.2, 0.25) is 0 Å². The van der Waals surface area contributed by atoms with Crippen LogP contribution in [0.3, 0.4) is 0 Å². The highest BCUT2D eigenvalue weighted by atomic mass is 16.5. The van der Waals surface area contributed by atoms with Crippen molar-refractivity contribution in [3.8, 4) is 5.75 Å². The summed E-state index contributed by atoms with van der Waals surface area (Å²) in [7, 11) is 0. The minimum absolute atomic E-state index is 0.00800. The standard InChI is InChI=1S/C16H24N2O3/c1-11(2)21-14-5-3-4-12(8-14)15(19)10-18-16(20)13-6-7-17-9-13/h3-5,8,11,13,15,17,19H,6-7,9-10H2,1-2H3,(H,18,20). The van der Waals surface area contributed by atoms with Gasteiger partial charge in [-0.1, -0.05) is 12.1 Å². The zero-order valence-corrected chi connectivity index (χ0v) is 12.6. The topological polar surface area (TPSA) is 70.6 Å². The number of rotatable bonds is 6. The number of aliphatic hydroxyl groups is 1. The molecule has 0 saturated carbocycles. The lowest BCUT2D eigenvalue weighted by Crippen LogP contribution is -2.34. The Morgan fingerprint density at radius 1 is 1.52 bits per heavy atom. The number of carbonyl (C=O) groups excluding carboxylic acids is 1. The summed E-state index contributed by atoms with van der Waals surface area (Å²) in [6, 6.07) is 7.35. The molecule has 0 spiro atoms. The van der Waals surface area contributed by atoms with Crippen molar-refractivity contribution in [2.24, 2.45) is 5.92 Å². The molecular weight excluding hydrogens is 268 g/mol. The summed E-state index contributed by atoms with van der Waals surface area (Å²) in [5.74, 6) is 0.759. The lowest BCUT2D eigenvalue weighted by Gasteiger charge is -2.16. The number of amides is 1. The third-order valence-electron chi connectivity index (χ3n) is 3.52. The van der Waals surface area contributed by atoms with E-state index >= 15 is 0 Å². The number of hydrogen-bond acceptors (Lipinski definition) is 4. The number of aliphatic hydroxyl groups excluding tert-OH is 1. The van der Waals surface area contributed by atoms with Crippen LogP contribution in [0.1, 0.15) is 31.9 Å². The Hall–Kier alpha value is -1.59. The first-order valence-electron chi connectivity index (χ1n) is 7.49. The Labute approximate surface area is 125 Å². The molecule has 0 radical (unpaired) electrons. The van der Waals surface area contributed by atoms with Crippen LogP contribution in [0.25, 0.3) is 0 Å². The Balaban J connectivity index is 1.87. The van der Waals surface area contributed by atoms with Crippen LogP contribution in [0.4, 0.5) is 0 Å². The predicted octanol–water partition coefficient (Wildman–Crippen LogP) is 1.23. The van der Waals surface area contributed by atoms with Gasteiger partial charge in [0.2, 0.25) is 5.91 Å². The minimum Gasteiger partial charge on any atom is -0.491 e. The van der Waals surface area contributed by atoms with Crippen LogP contribution in [-0.2, 0) is 4.79 Å². The highest BCUT2D eigenvalue weighted by molar-refractivity contribution is 5.79. The van der Waals surface area contributed by atoms with Crippen molar-refractivity contribution in [1.82, 2.24) is 10.6 Å². The smallest absolute Gasteiger partial charge is 0.224 e. The summed E-state index contributed by atoms with van der Waals surface area (Å²) in [4.78, 5) is 11.9. The average Bonchev–Trinajstić information content (AvgIpc) is 2.98. The number of benzene rings is 1. The molecule has 1 heterocycles. The van der Waals surface area contributed by atoms with Crippen molar-refractivity contribution < 1.29 is 14.6 Å². The van der Waals surface area contributed by atoms with Gasteiger partial charge in [0.05, 0.1) is 18.1 Å². The third kappa shape index (κ3) is 4.72. The van der Waals surface area contributed by atoms with E-state index in [1.54, 1.807) is 0 Å². The van der Waals surface area contributed by atoms with Crippen LogP contribution in [0.15, 0.2) is 24.3 Å². The van der Waals surface area contributed by atoms with E-state index in [9.17, 15) is 9.90 Å². The SMILES string of the molecule is CC(C)Oc1cccc(C(O)CNC(=O)C2CCNC2)c1. The highest BCUT2D eigenvalue weighted by Gasteiger charge is 2.22. The van der Waals surface area contributed by atoms with Crippen molar-refractivity contribution >= 4 is 5.91 Å². The maximum Gasteiger partial charge on any atom is 0.224 e. The number of carbonyl (C=O) groups is 1. The molecule has 2 atom stereocenters. The second-order valence-electron chi connectivity index (χ2n) is 5.69. The zero-order chi connectivity index (χ0) is 15.2. The molecule has 116 valence electrons. The quantitative estimate of drug-likeness (QED) is 0.737. The van der Waals surface area contributed by atoms with E-state index in [2.05, 4.69) is 10.6 Å². The first kappa shape index (κ1) is 15.8. The van der Waals surface area contributed by atoms with Crippen LogP contribution in [0.5, 0.6) is 5.75 Å². The Kier molecular flexibility index (Phi) is 5.59. The first-order valence-corrected chi connectivity index (χ1v) is 7.49. The lowest BCUT2D eigenvalue weighted by atomic mass is 10.1. The molecule has 1 saturated heterocycles. The first-order chi connectivity index (χ1) is 10.1. The molecule has 0 bridgehead atoms.